The molecule has 0 aromatic heterocycles. The van der Waals surface area contributed by atoms with Crippen LogP contribution in [-0.2, 0) is 4.79 Å². The molecule has 0 heterocycles. The Kier molecular flexibility index (Phi) is 1.74. The molecule has 4 bridgehead atoms. The number of carbonyl (C=O) groups excluding carboxylic acids is 1. The molecule has 3 aliphatic rings. The molecule has 3 rings (SSSR count). The summed E-state index contributed by atoms with van der Waals surface area (Å²) in [5.74, 6) is 1.62. The van der Waals surface area contributed by atoms with Crippen LogP contribution in [-0.4, -0.2) is 5.78 Å². The van der Waals surface area contributed by atoms with Crippen LogP contribution in [0.5, 0.6) is 0 Å². The number of hydrogen-bond acceptors (Lipinski definition) is 1. The van der Waals surface area contributed by atoms with Gasteiger partial charge in [-0.1, -0.05) is 31.1 Å². The second-order valence-corrected chi connectivity index (χ2v) is 6.51. The van der Waals surface area contributed by atoms with E-state index in [4.69, 9.17) is 0 Å². The van der Waals surface area contributed by atoms with Crippen LogP contribution in [0.25, 0.3) is 0 Å². The van der Waals surface area contributed by atoms with Crippen LogP contribution in [0.3, 0.4) is 0 Å². The maximum Gasteiger partial charge on any atom is 0.161 e. The molecule has 2 fully saturated rings. The van der Waals surface area contributed by atoms with Gasteiger partial charge < -0.3 is 0 Å². The topological polar surface area (TPSA) is 17.1 Å². The van der Waals surface area contributed by atoms with E-state index in [1.807, 2.05) is 6.08 Å². The van der Waals surface area contributed by atoms with E-state index >= 15 is 0 Å². The zero-order chi connectivity index (χ0) is 11.7. The Bertz CT molecular complexity index is 438. The summed E-state index contributed by atoms with van der Waals surface area (Å²) in [4.78, 5) is 12.1. The van der Waals surface area contributed by atoms with Gasteiger partial charge in [0, 0.05) is 5.41 Å². The van der Waals surface area contributed by atoms with Crippen LogP contribution in [0.1, 0.15) is 40.5 Å². The Hall–Kier alpha value is -0.850. The number of hydrogen-bond donors (Lipinski definition) is 0. The van der Waals surface area contributed by atoms with Crippen molar-refractivity contribution < 1.29 is 4.79 Å². The van der Waals surface area contributed by atoms with E-state index in [2.05, 4.69) is 33.8 Å². The van der Waals surface area contributed by atoms with E-state index in [9.17, 15) is 4.79 Å². The molecule has 2 saturated carbocycles. The van der Waals surface area contributed by atoms with Gasteiger partial charge >= 0.3 is 0 Å². The first kappa shape index (κ1) is 10.3. The van der Waals surface area contributed by atoms with Crippen molar-refractivity contribution >= 4 is 5.78 Å². The van der Waals surface area contributed by atoms with Crippen LogP contribution in [0.4, 0.5) is 0 Å². The van der Waals surface area contributed by atoms with Crippen LogP contribution < -0.4 is 0 Å². The third-order valence-electron chi connectivity index (χ3n) is 5.70. The Morgan fingerprint density at radius 3 is 2.69 bits per heavy atom. The molecule has 0 N–H and O–H groups in total. The number of ketones is 1. The highest BCUT2D eigenvalue weighted by molar-refractivity contribution is 5.97. The van der Waals surface area contributed by atoms with Crippen molar-refractivity contribution in [1.82, 2.24) is 0 Å². The summed E-state index contributed by atoms with van der Waals surface area (Å²) in [6.45, 7) is 8.96. The van der Waals surface area contributed by atoms with E-state index in [1.54, 1.807) is 5.57 Å². The molecule has 1 nitrogen and oxygen atoms in total. The lowest BCUT2D eigenvalue weighted by Gasteiger charge is -2.44. The van der Waals surface area contributed by atoms with Gasteiger partial charge in [-0.3, -0.25) is 4.79 Å². The number of rotatable bonds is 0. The summed E-state index contributed by atoms with van der Waals surface area (Å²) in [5.41, 5.74) is 3.21. The van der Waals surface area contributed by atoms with Crippen LogP contribution in [0.15, 0.2) is 23.3 Å². The van der Waals surface area contributed by atoms with Crippen molar-refractivity contribution in [3.8, 4) is 0 Å². The lowest BCUT2D eigenvalue weighted by Crippen LogP contribution is -2.43. The number of carbonyl (C=O) groups is 1. The summed E-state index contributed by atoms with van der Waals surface area (Å²) in [6.07, 6.45) is 6.25. The molecule has 4 atom stereocenters. The smallest absolute Gasteiger partial charge is 0.161 e. The minimum absolute atomic E-state index is 0.0873. The van der Waals surface area contributed by atoms with Gasteiger partial charge in [-0.25, -0.2) is 0 Å². The summed E-state index contributed by atoms with van der Waals surface area (Å²) in [7, 11) is 0. The molecule has 0 saturated heterocycles. The van der Waals surface area contributed by atoms with E-state index in [0.717, 1.165) is 12.8 Å². The van der Waals surface area contributed by atoms with Crippen LogP contribution in [0, 0.1) is 22.7 Å². The van der Waals surface area contributed by atoms with Gasteiger partial charge in [0.15, 0.2) is 5.78 Å². The minimum Gasteiger partial charge on any atom is -0.294 e. The molecule has 0 radical (unpaired) electrons. The zero-order valence-electron chi connectivity index (χ0n) is 10.6. The van der Waals surface area contributed by atoms with Crippen LogP contribution in [0.2, 0.25) is 0 Å². The highest BCUT2D eigenvalue weighted by Gasteiger charge is 2.67. The quantitative estimate of drug-likeness (QED) is 0.566. The van der Waals surface area contributed by atoms with Crippen molar-refractivity contribution in [3.63, 3.8) is 0 Å². The molecular formula is C15H20O. The average Bonchev–Trinajstić information content (AvgIpc) is 2.54. The third-order valence-corrected chi connectivity index (χ3v) is 5.70. The Labute approximate surface area is 97.6 Å². The fraction of sp³-hybridized carbons (Fsp3) is 0.667. The summed E-state index contributed by atoms with van der Waals surface area (Å²) in [5, 5.41) is 0. The van der Waals surface area contributed by atoms with Gasteiger partial charge in [0.1, 0.15) is 0 Å². The van der Waals surface area contributed by atoms with E-state index in [0.29, 0.717) is 17.6 Å². The first-order chi connectivity index (χ1) is 7.40. The molecule has 0 aromatic carbocycles. The Morgan fingerprint density at radius 2 is 2.06 bits per heavy atom. The molecule has 0 amide bonds. The fourth-order valence-corrected chi connectivity index (χ4v) is 4.44. The predicted molar refractivity (Wildman–Crippen MR) is 64.9 cm³/mol. The normalized spacial score (nSPS) is 49.0. The largest absolute Gasteiger partial charge is 0.294 e. The van der Waals surface area contributed by atoms with E-state index in [1.165, 1.54) is 5.57 Å². The maximum absolute atomic E-state index is 12.1. The average molecular weight is 216 g/mol. The summed E-state index contributed by atoms with van der Waals surface area (Å²) >= 11 is 0. The standard InChI is InChI=1S/C15H20O/c1-9(2)10-7-14(3)12-5-6-13(16)15(14,4)8-11(10)12/h5-6,11-12H,7-8H2,1-4H3. The molecule has 3 aliphatic carbocycles. The lowest BCUT2D eigenvalue weighted by molar-refractivity contribution is -0.130. The molecule has 86 valence electrons. The monoisotopic (exact) mass is 216 g/mol. The molecule has 0 aliphatic heterocycles. The first-order valence-electron chi connectivity index (χ1n) is 6.29. The van der Waals surface area contributed by atoms with Crippen molar-refractivity contribution in [2.45, 2.75) is 40.5 Å². The Balaban J connectivity index is 2.18. The van der Waals surface area contributed by atoms with Gasteiger partial charge in [0.2, 0.25) is 0 Å². The van der Waals surface area contributed by atoms with E-state index in [-0.39, 0.29) is 10.8 Å². The van der Waals surface area contributed by atoms with E-state index < -0.39 is 0 Å². The first-order valence-corrected chi connectivity index (χ1v) is 6.29. The van der Waals surface area contributed by atoms with Gasteiger partial charge in [0.25, 0.3) is 0 Å². The summed E-state index contributed by atoms with van der Waals surface area (Å²) < 4.78 is 0. The zero-order valence-corrected chi connectivity index (χ0v) is 10.6. The lowest BCUT2D eigenvalue weighted by atomic mass is 9.58. The highest BCUT2D eigenvalue weighted by atomic mass is 16.1. The minimum atomic E-state index is -0.0873. The van der Waals surface area contributed by atoms with Crippen molar-refractivity contribution in [2.75, 3.05) is 0 Å². The second-order valence-electron chi connectivity index (χ2n) is 6.51. The SMILES string of the molecule is CC(C)=C1CC2(C)C3C=CC(=O)C2(C)CC13. The predicted octanol–water partition coefficient (Wildman–Crippen LogP) is 3.51. The Morgan fingerprint density at radius 1 is 1.38 bits per heavy atom. The third kappa shape index (κ3) is 0.873. The van der Waals surface area contributed by atoms with Crippen LogP contribution >= 0.6 is 0 Å². The molecular weight excluding hydrogens is 196 g/mol. The number of allylic oxidation sites excluding steroid dienone is 4. The summed E-state index contributed by atoms with van der Waals surface area (Å²) in [6, 6.07) is 0. The molecule has 0 spiro atoms. The highest BCUT2D eigenvalue weighted by Crippen LogP contribution is 2.71. The van der Waals surface area contributed by atoms with Gasteiger partial charge in [-0.15, -0.1) is 0 Å². The second kappa shape index (κ2) is 2.69. The maximum atomic E-state index is 12.1. The van der Waals surface area contributed by atoms with Crippen molar-refractivity contribution in [1.29, 1.82) is 0 Å². The fourth-order valence-electron chi connectivity index (χ4n) is 4.44. The van der Waals surface area contributed by atoms with Crippen molar-refractivity contribution in [3.05, 3.63) is 23.3 Å². The van der Waals surface area contributed by atoms with Gasteiger partial charge in [0.05, 0.1) is 0 Å². The molecule has 0 aromatic rings. The molecule has 4 unspecified atom stereocenters. The molecule has 1 heteroatoms. The molecule has 16 heavy (non-hydrogen) atoms. The van der Waals surface area contributed by atoms with Gasteiger partial charge in [-0.2, -0.15) is 0 Å². The van der Waals surface area contributed by atoms with Crippen molar-refractivity contribution in [2.24, 2.45) is 22.7 Å². The van der Waals surface area contributed by atoms with Gasteiger partial charge in [-0.05, 0) is 50.0 Å².